The Kier molecular flexibility index (Phi) is 4.90. The van der Waals surface area contributed by atoms with E-state index in [0.29, 0.717) is 13.1 Å². The van der Waals surface area contributed by atoms with E-state index < -0.39 is 6.04 Å². The van der Waals surface area contributed by atoms with Gasteiger partial charge in [0.1, 0.15) is 0 Å². The lowest BCUT2D eigenvalue weighted by Gasteiger charge is -2.35. The Morgan fingerprint density at radius 1 is 1.22 bits per heavy atom. The molecule has 0 radical (unpaired) electrons. The Morgan fingerprint density at radius 2 is 2.04 bits per heavy atom. The number of carbonyl (C=O) groups is 2. The summed E-state index contributed by atoms with van der Waals surface area (Å²) in [5.74, 6) is -0.153. The number of nitrogens with zero attached hydrogens (tertiary/aromatic N) is 2. The summed E-state index contributed by atoms with van der Waals surface area (Å²) in [6.45, 7) is 1.94. The number of benzene rings is 1. The van der Waals surface area contributed by atoms with Gasteiger partial charge in [0.2, 0.25) is 11.8 Å². The zero-order chi connectivity index (χ0) is 18.7. The van der Waals surface area contributed by atoms with Crippen molar-refractivity contribution in [1.29, 1.82) is 0 Å². The Hall–Kier alpha value is -2.73. The minimum absolute atomic E-state index is 0.0745. The van der Waals surface area contributed by atoms with Crippen molar-refractivity contribution in [1.82, 2.24) is 20.5 Å². The molecule has 2 aliphatic rings. The molecule has 0 bridgehead atoms. The van der Waals surface area contributed by atoms with Gasteiger partial charge >= 0.3 is 0 Å². The highest BCUT2D eigenvalue weighted by molar-refractivity contribution is 5.89. The van der Waals surface area contributed by atoms with Gasteiger partial charge in [-0.1, -0.05) is 36.4 Å². The molecule has 1 aliphatic carbocycles. The molecule has 6 nitrogen and oxygen atoms in total. The molecule has 2 amide bonds. The third kappa shape index (κ3) is 4.01. The van der Waals surface area contributed by atoms with E-state index in [9.17, 15) is 9.59 Å². The predicted octanol–water partition coefficient (Wildman–Crippen LogP) is 1.58. The van der Waals surface area contributed by atoms with Crippen LogP contribution in [0.4, 0.5) is 0 Å². The Balaban J connectivity index is 1.43. The monoisotopic (exact) mass is 364 g/mol. The van der Waals surface area contributed by atoms with Crippen LogP contribution in [0.1, 0.15) is 30.4 Å². The van der Waals surface area contributed by atoms with E-state index in [4.69, 9.17) is 0 Å². The number of piperazine rings is 1. The van der Waals surface area contributed by atoms with Gasteiger partial charge in [0.25, 0.3) is 0 Å². The van der Waals surface area contributed by atoms with Gasteiger partial charge in [0.05, 0.1) is 18.0 Å². The minimum atomic E-state index is -0.453. The van der Waals surface area contributed by atoms with Crippen LogP contribution in [-0.4, -0.2) is 40.8 Å². The number of rotatable bonds is 6. The molecule has 4 rings (SSSR count). The summed E-state index contributed by atoms with van der Waals surface area (Å²) >= 11 is 0. The van der Waals surface area contributed by atoms with Crippen LogP contribution in [0.5, 0.6) is 0 Å². The predicted molar refractivity (Wildman–Crippen MR) is 102 cm³/mol. The highest BCUT2D eigenvalue weighted by Gasteiger charge is 2.46. The van der Waals surface area contributed by atoms with E-state index in [0.717, 1.165) is 30.5 Å². The van der Waals surface area contributed by atoms with Gasteiger partial charge < -0.3 is 10.6 Å². The minimum Gasteiger partial charge on any atom is -0.353 e. The van der Waals surface area contributed by atoms with Crippen LogP contribution in [0.15, 0.2) is 54.9 Å². The molecule has 2 fully saturated rings. The van der Waals surface area contributed by atoms with Gasteiger partial charge in [0, 0.05) is 32.0 Å². The molecule has 1 aliphatic heterocycles. The first kappa shape index (κ1) is 17.7. The molecule has 1 aromatic carbocycles. The van der Waals surface area contributed by atoms with Crippen LogP contribution < -0.4 is 10.6 Å². The molecule has 27 heavy (non-hydrogen) atoms. The third-order valence-electron chi connectivity index (χ3n) is 5.38. The number of amides is 2. The molecule has 1 aromatic heterocycles. The average Bonchev–Trinajstić information content (AvgIpc) is 3.47. The molecule has 1 saturated heterocycles. The van der Waals surface area contributed by atoms with Crippen molar-refractivity contribution in [3.05, 3.63) is 66.0 Å². The largest absolute Gasteiger partial charge is 0.353 e. The Bertz CT molecular complexity index is 805. The molecule has 1 saturated carbocycles. The third-order valence-corrected chi connectivity index (χ3v) is 5.38. The summed E-state index contributed by atoms with van der Waals surface area (Å²) < 4.78 is 0. The molecule has 6 heteroatoms. The molecule has 140 valence electrons. The fourth-order valence-electron chi connectivity index (χ4n) is 3.76. The summed E-state index contributed by atoms with van der Waals surface area (Å²) in [6, 6.07) is 13.5. The van der Waals surface area contributed by atoms with E-state index in [-0.39, 0.29) is 23.8 Å². The van der Waals surface area contributed by atoms with Crippen molar-refractivity contribution < 1.29 is 9.59 Å². The fraction of sp³-hybridized carbons (Fsp3) is 0.381. The second-order valence-corrected chi connectivity index (χ2v) is 7.34. The lowest BCUT2D eigenvalue weighted by molar-refractivity contribution is -0.134. The number of hydrogen-bond acceptors (Lipinski definition) is 4. The van der Waals surface area contributed by atoms with Crippen LogP contribution in [0.25, 0.3) is 0 Å². The van der Waals surface area contributed by atoms with Gasteiger partial charge in [-0.15, -0.1) is 0 Å². The first-order valence-corrected chi connectivity index (χ1v) is 9.43. The maximum absolute atomic E-state index is 12.8. The second kappa shape index (κ2) is 7.48. The summed E-state index contributed by atoms with van der Waals surface area (Å²) in [5, 5.41) is 6.07. The number of pyridine rings is 1. The average molecular weight is 364 g/mol. The van der Waals surface area contributed by atoms with E-state index in [1.165, 1.54) is 0 Å². The lowest BCUT2D eigenvalue weighted by atomic mass is 10.0. The first-order valence-electron chi connectivity index (χ1n) is 9.43. The molecule has 0 spiro atoms. The summed E-state index contributed by atoms with van der Waals surface area (Å²) in [5.41, 5.74) is 1.93. The highest BCUT2D eigenvalue weighted by Crippen LogP contribution is 2.45. The fourth-order valence-corrected chi connectivity index (χ4v) is 3.76. The maximum Gasteiger partial charge on any atom is 0.237 e. The normalized spacial score (nSPS) is 21.3. The van der Waals surface area contributed by atoms with Gasteiger partial charge in [-0.25, -0.2) is 0 Å². The topological polar surface area (TPSA) is 74.3 Å². The molecule has 1 atom stereocenters. The zero-order valence-corrected chi connectivity index (χ0v) is 15.2. The molecular formula is C21H24N4O2. The van der Waals surface area contributed by atoms with Crippen molar-refractivity contribution in [2.75, 3.05) is 13.1 Å². The lowest BCUT2D eigenvalue weighted by Crippen LogP contribution is -2.56. The van der Waals surface area contributed by atoms with Crippen LogP contribution >= 0.6 is 0 Å². The zero-order valence-electron chi connectivity index (χ0n) is 15.2. The summed E-state index contributed by atoms with van der Waals surface area (Å²) in [7, 11) is 0. The van der Waals surface area contributed by atoms with E-state index >= 15 is 0 Å². The van der Waals surface area contributed by atoms with Crippen LogP contribution in [-0.2, 0) is 21.7 Å². The number of carbonyl (C=O) groups excluding carboxylic acids is 2. The molecule has 2 heterocycles. The SMILES string of the molecule is O=C(C[C@H]1C(=O)NCCN1Cc1cccnc1)NC1(c2ccccc2)CC1. The van der Waals surface area contributed by atoms with E-state index in [2.05, 4.69) is 32.7 Å². The number of aromatic nitrogens is 1. The molecule has 2 aromatic rings. The quantitative estimate of drug-likeness (QED) is 0.816. The number of hydrogen-bond donors (Lipinski definition) is 2. The summed E-state index contributed by atoms with van der Waals surface area (Å²) in [6.07, 6.45) is 5.59. The van der Waals surface area contributed by atoms with Crippen molar-refractivity contribution in [2.24, 2.45) is 0 Å². The van der Waals surface area contributed by atoms with Crippen LogP contribution in [0.3, 0.4) is 0 Å². The van der Waals surface area contributed by atoms with E-state index in [1.807, 2.05) is 30.3 Å². The number of nitrogens with one attached hydrogen (secondary N) is 2. The van der Waals surface area contributed by atoms with Crippen LogP contribution in [0.2, 0.25) is 0 Å². The van der Waals surface area contributed by atoms with Crippen LogP contribution in [0, 0.1) is 0 Å². The maximum atomic E-state index is 12.8. The standard InChI is InChI=1S/C21H24N4O2/c26-19(24-21(8-9-21)17-6-2-1-3-7-17)13-18-20(27)23-11-12-25(18)15-16-5-4-10-22-14-16/h1-7,10,14,18H,8-9,11-13,15H2,(H,23,27)(H,24,26)/t18-/m0/s1. The molecule has 2 N–H and O–H groups in total. The van der Waals surface area contributed by atoms with Gasteiger partial charge in [-0.3, -0.25) is 19.5 Å². The van der Waals surface area contributed by atoms with Gasteiger partial charge in [-0.05, 0) is 30.0 Å². The molecule has 0 unspecified atom stereocenters. The highest BCUT2D eigenvalue weighted by atomic mass is 16.2. The Morgan fingerprint density at radius 3 is 2.74 bits per heavy atom. The van der Waals surface area contributed by atoms with Crippen molar-refractivity contribution in [2.45, 2.75) is 37.4 Å². The van der Waals surface area contributed by atoms with Crippen molar-refractivity contribution in [3.63, 3.8) is 0 Å². The second-order valence-electron chi connectivity index (χ2n) is 7.34. The Labute approximate surface area is 159 Å². The van der Waals surface area contributed by atoms with Gasteiger partial charge in [-0.2, -0.15) is 0 Å². The van der Waals surface area contributed by atoms with Gasteiger partial charge in [0.15, 0.2) is 0 Å². The first-order chi connectivity index (χ1) is 13.2. The summed E-state index contributed by atoms with van der Waals surface area (Å²) in [4.78, 5) is 31.4. The smallest absolute Gasteiger partial charge is 0.237 e. The van der Waals surface area contributed by atoms with Crippen molar-refractivity contribution in [3.8, 4) is 0 Å². The van der Waals surface area contributed by atoms with E-state index in [1.54, 1.807) is 12.4 Å². The molecular weight excluding hydrogens is 340 g/mol. The van der Waals surface area contributed by atoms with Crippen molar-refractivity contribution >= 4 is 11.8 Å².